The molecular weight excluding hydrogens is 304 g/mol. The Hall–Kier alpha value is -0.420. The summed E-state index contributed by atoms with van der Waals surface area (Å²) in [5.74, 6) is 0. The van der Waals surface area contributed by atoms with Crippen LogP contribution in [0.15, 0.2) is 22.7 Å². The lowest BCUT2D eigenvalue weighted by atomic mass is 10.1. The number of benzene rings is 1. The highest BCUT2D eigenvalue weighted by Gasteiger charge is 2.17. The molecule has 1 aromatic carbocycles. The highest BCUT2D eigenvalue weighted by Crippen LogP contribution is 2.22. The second kappa shape index (κ2) is 7.39. The van der Waals surface area contributed by atoms with Crippen LogP contribution in [0.4, 0.5) is 0 Å². The zero-order valence-corrected chi connectivity index (χ0v) is 13.4. The van der Waals surface area contributed by atoms with Gasteiger partial charge in [-0.25, -0.2) is 0 Å². The molecule has 1 fully saturated rings. The third kappa shape index (κ3) is 4.28. The molecule has 0 radical (unpaired) electrons. The molecule has 0 N–H and O–H groups in total. The average Bonchev–Trinajstić information content (AvgIpc) is 2.43. The maximum absolute atomic E-state index is 5.13. The minimum absolute atomic E-state index is 0.837. The van der Waals surface area contributed by atoms with Crippen LogP contribution in [0.3, 0.4) is 0 Å². The number of halogens is 1. The van der Waals surface area contributed by atoms with Gasteiger partial charge < -0.3 is 4.74 Å². The summed E-state index contributed by atoms with van der Waals surface area (Å²) in [6, 6.07) is 6.51. The Labute approximate surface area is 124 Å². The van der Waals surface area contributed by atoms with E-state index in [0.717, 1.165) is 45.9 Å². The number of hydrogen-bond donors (Lipinski definition) is 0. The number of hydrogen-bond acceptors (Lipinski definition) is 3. The summed E-state index contributed by atoms with van der Waals surface area (Å²) in [7, 11) is 1.77. The molecule has 106 valence electrons. The molecule has 0 atom stereocenters. The van der Waals surface area contributed by atoms with E-state index >= 15 is 0 Å². The summed E-state index contributed by atoms with van der Waals surface area (Å²) in [5.41, 5.74) is 2.71. The molecule has 1 heterocycles. The SMILES string of the molecule is COCCN1CCN(Cc2cccc(C)c2Br)CC1. The molecule has 0 aromatic heterocycles. The van der Waals surface area contributed by atoms with Crippen molar-refractivity contribution in [2.45, 2.75) is 13.5 Å². The number of nitrogens with zero attached hydrogens (tertiary/aromatic N) is 2. The fourth-order valence-electron chi connectivity index (χ4n) is 2.46. The van der Waals surface area contributed by atoms with E-state index < -0.39 is 0 Å². The van der Waals surface area contributed by atoms with E-state index in [9.17, 15) is 0 Å². The zero-order valence-electron chi connectivity index (χ0n) is 11.9. The lowest BCUT2D eigenvalue weighted by Crippen LogP contribution is -2.46. The number of aryl methyl sites for hydroxylation is 1. The summed E-state index contributed by atoms with van der Waals surface area (Å²) in [5, 5.41) is 0. The minimum atomic E-state index is 0.837. The Bertz CT molecular complexity index is 403. The molecule has 4 heteroatoms. The van der Waals surface area contributed by atoms with E-state index in [-0.39, 0.29) is 0 Å². The predicted molar refractivity (Wildman–Crippen MR) is 82.5 cm³/mol. The number of rotatable bonds is 5. The van der Waals surface area contributed by atoms with E-state index in [1.54, 1.807) is 7.11 Å². The molecule has 1 aliphatic rings. The summed E-state index contributed by atoms with van der Waals surface area (Å²) in [4.78, 5) is 5.01. The predicted octanol–water partition coefficient (Wildman–Crippen LogP) is 2.52. The van der Waals surface area contributed by atoms with Crippen LogP contribution in [0.25, 0.3) is 0 Å². The van der Waals surface area contributed by atoms with Crippen molar-refractivity contribution in [2.75, 3.05) is 46.4 Å². The normalized spacial score (nSPS) is 17.8. The van der Waals surface area contributed by atoms with Crippen LogP contribution >= 0.6 is 15.9 Å². The Kier molecular flexibility index (Phi) is 5.82. The van der Waals surface area contributed by atoms with Crippen molar-refractivity contribution < 1.29 is 4.74 Å². The van der Waals surface area contributed by atoms with Crippen molar-refractivity contribution in [2.24, 2.45) is 0 Å². The smallest absolute Gasteiger partial charge is 0.0589 e. The van der Waals surface area contributed by atoms with Gasteiger partial charge in [0, 0.05) is 50.9 Å². The highest BCUT2D eigenvalue weighted by atomic mass is 79.9. The lowest BCUT2D eigenvalue weighted by molar-refractivity contribution is 0.0937. The molecule has 1 aromatic rings. The standard InChI is InChI=1S/C15H23BrN2O/c1-13-4-3-5-14(15(13)16)12-18-8-6-17(7-9-18)10-11-19-2/h3-5H,6-12H2,1-2H3. The maximum atomic E-state index is 5.13. The zero-order chi connectivity index (χ0) is 13.7. The number of ether oxygens (including phenoxy) is 1. The summed E-state index contributed by atoms with van der Waals surface area (Å²) < 4.78 is 6.40. The van der Waals surface area contributed by atoms with Crippen LogP contribution in [0.5, 0.6) is 0 Å². The first-order valence-corrected chi connectivity index (χ1v) is 7.67. The topological polar surface area (TPSA) is 15.7 Å². The molecule has 0 amide bonds. The Balaban J connectivity index is 1.84. The van der Waals surface area contributed by atoms with E-state index in [0.29, 0.717) is 0 Å². The molecule has 2 rings (SSSR count). The monoisotopic (exact) mass is 326 g/mol. The molecule has 0 aliphatic carbocycles. The molecule has 1 saturated heterocycles. The number of piperazine rings is 1. The van der Waals surface area contributed by atoms with Gasteiger partial charge in [0.15, 0.2) is 0 Å². The van der Waals surface area contributed by atoms with E-state index in [4.69, 9.17) is 4.74 Å². The third-order valence-electron chi connectivity index (χ3n) is 3.74. The van der Waals surface area contributed by atoms with Crippen molar-refractivity contribution in [1.82, 2.24) is 9.80 Å². The van der Waals surface area contributed by atoms with Gasteiger partial charge in [-0.15, -0.1) is 0 Å². The molecule has 0 bridgehead atoms. The van der Waals surface area contributed by atoms with Crippen molar-refractivity contribution in [3.63, 3.8) is 0 Å². The second-order valence-corrected chi connectivity index (χ2v) is 5.95. The van der Waals surface area contributed by atoms with Gasteiger partial charge in [0.2, 0.25) is 0 Å². The molecular formula is C15H23BrN2O. The van der Waals surface area contributed by atoms with Crippen molar-refractivity contribution in [3.05, 3.63) is 33.8 Å². The first-order chi connectivity index (χ1) is 9.20. The summed E-state index contributed by atoms with van der Waals surface area (Å²) >= 11 is 3.70. The molecule has 0 spiro atoms. The van der Waals surface area contributed by atoms with E-state index in [1.807, 2.05) is 0 Å². The Morgan fingerprint density at radius 2 is 1.84 bits per heavy atom. The van der Waals surface area contributed by atoms with Crippen LogP contribution in [0.1, 0.15) is 11.1 Å². The van der Waals surface area contributed by atoms with Crippen molar-refractivity contribution in [1.29, 1.82) is 0 Å². The molecule has 0 saturated carbocycles. The van der Waals surface area contributed by atoms with Crippen LogP contribution in [-0.2, 0) is 11.3 Å². The van der Waals surface area contributed by atoms with Crippen LogP contribution in [-0.4, -0.2) is 56.2 Å². The first kappa shape index (κ1) is 15.0. The fraction of sp³-hybridized carbons (Fsp3) is 0.600. The molecule has 0 unspecified atom stereocenters. The molecule has 19 heavy (non-hydrogen) atoms. The van der Waals surface area contributed by atoms with Gasteiger partial charge in [0.05, 0.1) is 6.61 Å². The molecule has 3 nitrogen and oxygen atoms in total. The van der Waals surface area contributed by atoms with Crippen molar-refractivity contribution >= 4 is 15.9 Å². The van der Waals surface area contributed by atoms with Gasteiger partial charge in [-0.3, -0.25) is 9.80 Å². The van der Waals surface area contributed by atoms with Crippen molar-refractivity contribution in [3.8, 4) is 0 Å². The quantitative estimate of drug-likeness (QED) is 0.827. The fourth-order valence-corrected chi connectivity index (χ4v) is 2.85. The van der Waals surface area contributed by atoms with E-state index in [1.165, 1.54) is 15.6 Å². The maximum Gasteiger partial charge on any atom is 0.0589 e. The highest BCUT2D eigenvalue weighted by molar-refractivity contribution is 9.10. The summed E-state index contributed by atoms with van der Waals surface area (Å²) in [6.07, 6.45) is 0. The van der Waals surface area contributed by atoms with Gasteiger partial charge in [-0.05, 0) is 18.1 Å². The van der Waals surface area contributed by atoms with Gasteiger partial charge >= 0.3 is 0 Å². The van der Waals surface area contributed by atoms with Crippen LogP contribution in [0, 0.1) is 6.92 Å². The average molecular weight is 327 g/mol. The van der Waals surface area contributed by atoms with Crippen LogP contribution in [0.2, 0.25) is 0 Å². The Morgan fingerprint density at radius 1 is 1.16 bits per heavy atom. The third-order valence-corrected chi connectivity index (χ3v) is 4.88. The van der Waals surface area contributed by atoms with Gasteiger partial charge in [0.1, 0.15) is 0 Å². The van der Waals surface area contributed by atoms with Gasteiger partial charge in [0.25, 0.3) is 0 Å². The number of methoxy groups -OCH3 is 1. The van der Waals surface area contributed by atoms with E-state index in [2.05, 4.69) is 50.9 Å². The second-order valence-electron chi connectivity index (χ2n) is 5.16. The first-order valence-electron chi connectivity index (χ1n) is 6.88. The van der Waals surface area contributed by atoms with Gasteiger partial charge in [-0.2, -0.15) is 0 Å². The minimum Gasteiger partial charge on any atom is -0.383 e. The lowest BCUT2D eigenvalue weighted by Gasteiger charge is -2.34. The van der Waals surface area contributed by atoms with Gasteiger partial charge in [-0.1, -0.05) is 34.1 Å². The Morgan fingerprint density at radius 3 is 2.53 bits per heavy atom. The largest absolute Gasteiger partial charge is 0.383 e. The molecule has 1 aliphatic heterocycles. The summed E-state index contributed by atoms with van der Waals surface area (Å²) in [6.45, 7) is 9.66. The van der Waals surface area contributed by atoms with Crippen LogP contribution < -0.4 is 0 Å².